The van der Waals surface area contributed by atoms with Crippen LogP contribution >= 0.6 is 23.1 Å². The number of hydrogen-bond donors (Lipinski definition) is 1. The molecule has 0 spiro atoms. The fourth-order valence-corrected chi connectivity index (χ4v) is 2.97. The van der Waals surface area contributed by atoms with Gasteiger partial charge < -0.3 is 5.32 Å². The monoisotopic (exact) mass is 268 g/mol. The number of benzene rings is 1. The molecular formula is C12H13FN2S2. The van der Waals surface area contributed by atoms with Gasteiger partial charge in [0.15, 0.2) is 4.34 Å². The molecule has 0 aliphatic rings. The highest BCUT2D eigenvalue weighted by Gasteiger charge is 2.09. The lowest BCUT2D eigenvalue weighted by atomic mass is 10.1. The van der Waals surface area contributed by atoms with Crippen molar-refractivity contribution in [2.75, 3.05) is 7.05 Å². The molecule has 1 atom stereocenters. The first-order valence-electron chi connectivity index (χ1n) is 5.24. The maximum atomic E-state index is 13.9. The predicted molar refractivity (Wildman–Crippen MR) is 70.1 cm³/mol. The average molecular weight is 268 g/mol. The molecule has 5 heteroatoms. The number of aromatic nitrogens is 1. The molecule has 17 heavy (non-hydrogen) atoms. The Morgan fingerprint density at radius 3 is 2.88 bits per heavy atom. The average Bonchev–Trinajstić information content (AvgIpc) is 2.83. The van der Waals surface area contributed by atoms with Crippen molar-refractivity contribution in [3.05, 3.63) is 41.2 Å². The van der Waals surface area contributed by atoms with Gasteiger partial charge in [0, 0.05) is 17.6 Å². The molecule has 1 N–H and O–H groups in total. The molecule has 2 nitrogen and oxygen atoms in total. The van der Waals surface area contributed by atoms with Gasteiger partial charge in [-0.1, -0.05) is 17.8 Å². The quantitative estimate of drug-likeness (QED) is 0.915. The molecule has 1 aromatic carbocycles. The smallest absolute Gasteiger partial charge is 0.154 e. The van der Waals surface area contributed by atoms with Gasteiger partial charge in [0.1, 0.15) is 5.82 Å². The molecular weight excluding hydrogens is 255 g/mol. The van der Waals surface area contributed by atoms with Gasteiger partial charge >= 0.3 is 0 Å². The summed E-state index contributed by atoms with van der Waals surface area (Å²) in [7, 11) is 1.86. The van der Waals surface area contributed by atoms with Gasteiger partial charge in [-0.3, -0.25) is 0 Å². The van der Waals surface area contributed by atoms with Crippen LogP contribution in [0.25, 0.3) is 0 Å². The topological polar surface area (TPSA) is 24.9 Å². The van der Waals surface area contributed by atoms with E-state index in [9.17, 15) is 4.39 Å². The van der Waals surface area contributed by atoms with Gasteiger partial charge in [-0.2, -0.15) is 0 Å². The summed E-state index contributed by atoms with van der Waals surface area (Å²) >= 11 is 2.88. The van der Waals surface area contributed by atoms with E-state index in [1.165, 1.54) is 23.1 Å². The van der Waals surface area contributed by atoms with Crippen LogP contribution in [0.5, 0.6) is 0 Å². The van der Waals surface area contributed by atoms with E-state index in [2.05, 4.69) is 10.3 Å². The fraction of sp³-hybridized carbons (Fsp3) is 0.250. The summed E-state index contributed by atoms with van der Waals surface area (Å²) in [6.07, 6.45) is 1.72. The Morgan fingerprint density at radius 2 is 2.29 bits per heavy atom. The predicted octanol–water partition coefficient (Wildman–Crippen LogP) is 3.71. The van der Waals surface area contributed by atoms with Crippen molar-refractivity contribution in [1.82, 2.24) is 10.3 Å². The highest BCUT2D eigenvalue weighted by Crippen LogP contribution is 2.32. The first-order chi connectivity index (χ1) is 8.20. The van der Waals surface area contributed by atoms with Crippen LogP contribution in [0.2, 0.25) is 0 Å². The zero-order valence-electron chi connectivity index (χ0n) is 9.61. The third kappa shape index (κ3) is 3.06. The molecule has 2 aromatic rings. The van der Waals surface area contributed by atoms with Crippen molar-refractivity contribution < 1.29 is 4.39 Å². The first kappa shape index (κ1) is 12.5. The number of nitrogens with one attached hydrogen (secondary N) is 1. The van der Waals surface area contributed by atoms with E-state index in [4.69, 9.17) is 0 Å². The molecule has 0 amide bonds. The molecule has 0 aliphatic carbocycles. The minimum Gasteiger partial charge on any atom is -0.313 e. The standard InChI is InChI=1S/C12H13FN2S2/c1-8(14-2)9-3-4-11(10(13)7-9)17-12-15-5-6-16-12/h3-8,14H,1-2H3. The molecule has 0 bridgehead atoms. The second-order valence-corrected chi connectivity index (χ2v) is 5.78. The molecule has 2 rings (SSSR count). The minimum atomic E-state index is -0.190. The van der Waals surface area contributed by atoms with Gasteiger partial charge in [-0.25, -0.2) is 9.37 Å². The zero-order valence-corrected chi connectivity index (χ0v) is 11.2. The van der Waals surface area contributed by atoms with Gasteiger partial charge in [-0.15, -0.1) is 11.3 Å². The normalized spacial score (nSPS) is 12.6. The van der Waals surface area contributed by atoms with Crippen LogP contribution in [0.1, 0.15) is 18.5 Å². The summed E-state index contributed by atoms with van der Waals surface area (Å²) in [6, 6.07) is 5.49. The minimum absolute atomic E-state index is 0.156. The van der Waals surface area contributed by atoms with Crippen molar-refractivity contribution in [2.45, 2.75) is 22.2 Å². The molecule has 0 saturated heterocycles. The highest BCUT2D eigenvalue weighted by atomic mass is 32.2. The number of hydrogen-bond acceptors (Lipinski definition) is 4. The summed E-state index contributed by atoms with van der Waals surface area (Å²) in [4.78, 5) is 4.75. The molecule has 1 unspecified atom stereocenters. The van der Waals surface area contributed by atoms with Crippen LogP contribution in [0.15, 0.2) is 39.0 Å². The molecule has 0 fully saturated rings. The molecule has 0 saturated carbocycles. The third-order valence-corrected chi connectivity index (χ3v) is 4.43. The second-order valence-electron chi connectivity index (χ2n) is 3.60. The number of nitrogens with zero attached hydrogens (tertiary/aromatic N) is 1. The van der Waals surface area contributed by atoms with Crippen molar-refractivity contribution in [1.29, 1.82) is 0 Å². The Bertz CT molecular complexity index is 485. The van der Waals surface area contributed by atoms with E-state index in [-0.39, 0.29) is 11.9 Å². The van der Waals surface area contributed by atoms with Crippen LogP contribution < -0.4 is 5.32 Å². The van der Waals surface area contributed by atoms with Crippen LogP contribution in [0, 0.1) is 5.82 Å². The molecule has 1 aromatic heterocycles. The van der Waals surface area contributed by atoms with Crippen molar-refractivity contribution in [2.24, 2.45) is 0 Å². The van der Waals surface area contributed by atoms with Crippen molar-refractivity contribution in [3.63, 3.8) is 0 Å². The lowest BCUT2D eigenvalue weighted by Crippen LogP contribution is -2.12. The van der Waals surface area contributed by atoms with E-state index in [0.717, 1.165) is 9.90 Å². The summed E-state index contributed by atoms with van der Waals surface area (Å²) in [6.45, 7) is 2.00. The van der Waals surface area contributed by atoms with Crippen LogP contribution in [-0.2, 0) is 0 Å². The zero-order chi connectivity index (χ0) is 12.3. The van der Waals surface area contributed by atoms with Crippen molar-refractivity contribution in [3.8, 4) is 0 Å². The van der Waals surface area contributed by atoms with Crippen molar-refractivity contribution >= 4 is 23.1 Å². The second kappa shape index (κ2) is 5.62. The van der Waals surface area contributed by atoms with Gasteiger partial charge in [0.05, 0.1) is 4.90 Å². The number of rotatable bonds is 4. The summed E-state index contributed by atoms with van der Waals surface area (Å²) in [5.74, 6) is -0.190. The maximum absolute atomic E-state index is 13.9. The van der Waals surface area contributed by atoms with Crippen LogP contribution in [-0.4, -0.2) is 12.0 Å². The van der Waals surface area contributed by atoms with Crippen LogP contribution in [0.3, 0.4) is 0 Å². The Hall–Kier alpha value is -0.910. The lowest BCUT2D eigenvalue weighted by molar-refractivity contribution is 0.587. The maximum Gasteiger partial charge on any atom is 0.154 e. The Balaban J connectivity index is 2.20. The number of halogens is 1. The van der Waals surface area contributed by atoms with E-state index < -0.39 is 0 Å². The van der Waals surface area contributed by atoms with Crippen LogP contribution in [0.4, 0.5) is 4.39 Å². The summed E-state index contributed by atoms with van der Waals surface area (Å²) in [5, 5.41) is 4.98. The number of thiazole rings is 1. The highest BCUT2D eigenvalue weighted by molar-refractivity contribution is 8.01. The lowest BCUT2D eigenvalue weighted by Gasteiger charge is -2.11. The van der Waals surface area contributed by atoms with E-state index >= 15 is 0 Å². The van der Waals surface area contributed by atoms with E-state index in [1.54, 1.807) is 12.3 Å². The van der Waals surface area contributed by atoms with Gasteiger partial charge in [0.25, 0.3) is 0 Å². The molecule has 0 radical (unpaired) electrons. The largest absolute Gasteiger partial charge is 0.313 e. The Morgan fingerprint density at radius 1 is 1.47 bits per heavy atom. The fourth-order valence-electron chi connectivity index (χ4n) is 1.39. The third-order valence-electron chi connectivity index (χ3n) is 2.50. The van der Waals surface area contributed by atoms with Gasteiger partial charge in [0.2, 0.25) is 0 Å². The van der Waals surface area contributed by atoms with Gasteiger partial charge in [-0.05, 0) is 31.7 Å². The SMILES string of the molecule is CNC(C)c1ccc(Sc2nccs2)c(F)c1. The summed E-state index contributed by atoms with van der Waals surface area (Å²) < 4.78 is 14.7. The molecule has 90 valence electrons. The van der Waals surface area contributed by atoms with E-state index in [0.29, 0.717) is 4.90 Å². The molecule has 1 heterocycles. The van der Waals surface area contributed by atoms with E-state index in [1.807, 2.05) is 31.5 Å². The molecule has 0 aliphatic heterocycles. The Labute approximate surface area is 108 Å². The Kier molecular flexibility index (Phi) is 4.15. The summed E-state index contributed by atoms with van der Waals surface area (Å²) in [5.41, 5.74) is 0.952. The first-order valence-corrected chi connectivity index (χ1v) is 6.94.